The maximum absolute atomic E-state index is 11.7. The Labute approximate surface area is 192 Å². The maximum atomic E-state index is 11.7. The van der Waals surface area contributed by atoms with Crippen LogP contribution in [0.1, 0.15) is 23.6 Å². The van der Waals surface area contributed by atoms with Gasteiger partial charge < -0.3 is 15.3 Å². The molecular formula is C18H17Cl3N6O4. The van der Waals surface area contributed by atoms with Gasteiger partial charge in [0.05, 0.1) is 16.8 Å². The fraction of sp³-hybridized carbons (Fsp3) is 0.278. The number of ether oxygens (including phenoxy) is 1. The minimum absolute atomic E-state index is 0.0352. The molecule has 0 saturated carbocycles. The van der Waals surface area contributed by atoms with E-state index in [1.54, 1.807) is 31.3 Å². The number of hydrogen-bond donors (Lipinski definition) is 4. The molecule has 164 valence electrons. The predicted octanol–water partition coefficient (Wildman–Crippen LogP) is 4.01. The van der Waals surface area contributed by atoms with Crippen molar-refractivity contribution in [2.75, 3.05) is 5.43 Å². The molecule has 2 aromatic rings. The summed E-state index contributed by atoms with van der Waals surface area (Å²) in [4.78, 5) is 22.3. The van der Waals surface area contributed by atoms with E-state index in [2.05, 4.69) is 21.0 Å². The van der Waals surface area contributed by atoms with Gasteiger partial charge in [-0.3, -0.25) is 10.1 Å². The number of hydrogen-bond acceptors (Lipinski definition) is 8. The highest BCUT2D eigenvalue weighted by Gasteiger charge is 2.22. The summed E-state index contributed by atoms with van der Waals surface area (Å²) in [6, 6.07) is 1.72. The third kappa shape index (κ3) is 5.65. The Morgan fingerprint density at radius 3 is 2.48 bits per heavy atom. The number of aryl methyl sites for hydroxylation is 1. The van der Waals surface area contributed by atoms with E-state index in [1.807, 2.05) is 6.92 Å². The molecule has 4 N–H and O–H groups in total. The largest absolute Gasteiger partial charge is 0.465 e. The number of anilines is 1. The molecule has 1 atom stereocenters. The molecule has 0 spiro atoms. The molecule has 0 aliphatic carbocycles. The Balaban J connectivity index is 2.33. The zero-order valence-corrected chi connectivity index (χ0v) is 18.8. The standard InChI is InChI=1S/C18H17Cl3N6O4/c1-4-9-5-10(24-25-11(6-22)16(28)23-18(29)30)12(19)13(20)14(9)31-17-8(3)7(2)15(21)26-27-17/h5,11,24-25H,4H2,1-3H3,(H,23,28)(H,29,30). The molecule has 0 saturated heterocycles. The quantitative estimate of drug-likeness (QED) is 0.425. The van der Waals surface area contributed by atoms with Gasteiger partial charge in [0.1, 0.15) is 5.02 Å². The van der Waals surface area contributed by atoms with E-state index in [0.717, 1.165) is 0 Å². The molecule has 0 aliphatic heterocycles. The van der Waals surface area contributed by atoms with Crippen LogP contribution >= 0.6 is 34.8 Å². The van der Waals surface area contributed by atoms with Crippen molar-refractivity contribution in [2.45, 2.75) is 33.2 Å². The summed E-state index contributed by atoms with van der Waals surface area (Å²) in [5.74, 6) is -0.588. The van der Waals surface area contributed by atoms with Crippen LogP contribution in [-0.4, -0.2) is 33.3 Å². The van der Waals surface area contributed by atoms with Crippen LogP contribution in [0.3, 0.4) is 0 Å². The van der Waals surface area contributed by atoms with Crippen molar-refractivity contribution in [3.63, 3.8) is 0 Å². The van der Waals surface area contributed by atoms with Gasteiger partial charge in [-0.05, 0) is 37.5 Å². The number of aromatic nitrogens is 2. The van der Waals surface area contributed by atoms with Crippen LogP contribution in [-0.2, 0) is 11.2 Å². The molecular weight excluding hydrogens is 471 g/mol. The second-order valence-corrected chi connectivity index (χ2v) is 7.28. The molecule has 1 aromatic carbocycles. The summed E-state index contributed by atoms with van der Waals surface area (Å²) >= 11 is 18.7. The molecule has 31 heavy (non-hydrogen) atoms. The van der Waals surface area contributed by atoms with Crippen LogP contribution in [0.4, 0.5) is 10.5 Å². The van der Waals surface area contributed by atoms with Gasteiger partial charge in [-0.2, -0.15) is 5.26 Å². The minimum atomic E-state index is -1.58. The van der Waals surface area contributed by atoms with Crippen molar-refractivity contribution < 1.29 is 19.4 Å². The highest BCUT2D eigenvalue weighted by atomic mass is 35.5. The van der Waals surface area contributed by atoms with Gasteiger partial charge >= 0.3 is 6.09 Å². The fourth-order valence-electron chi connectivity index (χ4n) is 2.36. The SMILES string of the molecule is CCc1cc(NNC(C#N)C(=O)NC(=O)O)c(Cl)c(Cl)c1Oc1nnc(Cl)c(C)c1C. The first-order valence-corrected chi connectivity index (χ1v) is 9.87. The molecule has 2 amide bonds. The van der Waals surface area contributed by atoms with Gasteiger partial charge in [0.15, 0.2) is 16.9 Å². The lowest BCUT2D eigenvalue weighted by atomic mass is 10.1. The first-order valence-electron chi connectivity index (χ1n) is 8.73. The van der Waals surface area contributed by atoms with Crippen molar-refractivity contribution in [3.8, 4) is 17.7 Å². The fourth-order valence-corrected chi connectivity index (χ4v) is 2.99. The smallest absolute Gasteiger partial charge is 0.411 e. The Hall–Kier alpha value is -2.84. The van der Waals surface area contributed by atoms with E-state index in [1.165, 1.54) is 0 Å². The average Bonchev–Trinajstić information content (AvgIpc) is 2.72. The zero-order valence-electron chi connectivity index (χ0n) is 16.5. The molecule has 0 aliphatic rings. The number of carbonyl (C=O) groups is 2. The number of rotatable bonds is 7. The van der Waals surface area contributed by atoms with Gasteiger partial charge in [-0.15, -0.1) is 10.2 Å². The number of carboxylic acid groups (broad SMARTS) is 1. The number of imide groups is 1. The van der Waals surface area contributed by atoms with Gasteiger partial charge in [-0.25, -0.2) is 10.2 Å². The Morgan fingerprint density at radius 1 is 1.23 bits per heavy atom. The molecule has 1 aromatic heterocycles. The van der Waals surface area contributed by atoms with Crippen LogP contribution < -0.4 is 20.9 Å². The predicted molar refractivity (Wildman–Crippen MR) is 115 cm³/mol. The minimum Gasteiger partial charge on any atom is -0.465 e. The van der Waals surface area contributed by atoms with Crippen molar-refractivity contribution in [2.24, 2.45) is 0 Å². The monoisotopic (exact) mass is 486 g/mol. The van der Waals surface area contributed by atoms with Crippen LogP contribution in [0.15, 0.2) is 6.07 Å². The number of halogens is 3. The molecule has 1 heterocycles. The maximum Gasteiger partial charge on any atom is 0.411 e. The lowest BCUT2D eigenvalue weighted by Gasteiger charge is -2.19. The summed E-state index contributed by atoms with van der Waals surface area (Å²) in [6.45, 7) is 5.41. The first-order chi connectivity index (χ1) is 14.6. The molecule has 1 unspecified atom stereocenters. The van der Waals surface area contributed by atoms with E-state index >= 15 is 0 Å². The van der Waals surface area contributed by atoms with E-state index < -0.39 is 18.0 Å². The third-order valence-corrected chi connectivity index (χ3v) is 5.42. The highest BCUT2D eigenvalue weighted by molar-refractivity contribution is 6.44. The van der Waals surface area contributed by atoms with Gasteiger partial charge in [0, 0.05) is 5.56 Å². The lowest BCUT2D eigenvalue weighted by molar-refractivity contribution is -0.120. The molecule has 2 rings (SSSR count). The third-order valence-electron chi connectivity index (χ3n) is 4.21. The summed E-state index contributed by atoms with van der Waals surface area (Å²) in [7, 11) is 0. The van der Waals surface area contributed by atoms with E-state index in [4.69, 9.17) is 49.9 Å². The van der Waals surface area contributed by atoms with Crippen molar-refractivity contribution in [3.05, 3.63) is 38.0 Å². The van der Waals surface area contributed by atoms with Gasteiger partial charge in [0.25, 0.3) is 5.91 Å². The van der Waals surface area contributed by atoms with Gasteiger partial charge in [-0.1, -0.05) is 41.7 Å². The summed E-state index contributed by atoms with van der Waals surface area (Å²) in [5, 5.41) is 27.4. The summed E-state index contributed by atoms with van der Waals surface area (Å²) in [5.41, 5.74) is 7.27. The number of nitriles is 1. The molecule has 10 nitrogen and oxygen atoms in total. The summed E-state index contributed by atoms with van der Waals surface area (Å²) in [6.07, 6.45) is -1.10. The lowest BCUT2D eigenvalue weighted by Crippen LogP contribution is -2.47. The topological polar surface area (TPSA) is 149 Å². The second-order valence-electron chi connectivity index (χ2n) is 6.17. The number of benzene rings is 1. The second kappa shape index (κ2) is 10.5. The Morgan fingerprint density at radius 2 is 1.90 bits per heavy atom. The van der Waals surface area contributed by atoms with E-state index in [-0.39, 0.29) is 32.5 Å². The molecule has 0 bridgehead atoms. The van der Waals surface area contributed by atoms with Crippen molar-refractivity contribution in [1.29, 1.82) is 5.26 Å². The van der Waals surface area contributed by atoms with Crippen LogP contribution in [0.2, 0.25) is 15.2 Å². The van der Waals surface area contributed by atoms with E-state index in [0.29, 0.717) is 23.1 Å². The summed E-state index contributed by atoms with van der Waals surface area (Å²) < 4.78 is 5.88. The zero-order chi connectivity index (χ0) is 23.3. The number of nitrogens with one attached hydrogen (secondary N) is 3. The van der Waals surface area contributed by atoms with Gasteiger partial charge in [0.2, 0.25) is 5.88 Å². The Bertz CT molecular complexity index is 1070. The number of hydrazine groups is 1. The van der Waals surface area contributed by atoms with Crippen LogP contribution in [0.25, 0.3) is 0 Å². The van der Waals surface area contributed by atoms with Crippen molar-refractivity contribution >= 4 is 52.5 Å². The average molecular weight is 488 g/mol. The van der Waals surface area contributed by atoms with Crippen LogP contribution in [0, 0.1) is 25.2 Å². The first kappa shape index (κ1) is 24.4. The Kier molecular flexibility index (Phi) is 8.24. The molecule has 13 heteroatoms. The number of amides is 2. The normalized spacial score (nSPS) is 11.4. The molecule has 0 fully saturated rings. The van der Waals surface area contributed by atoms with Crippen molar-refractivity contribution in [1.82, 2.24) is 20.9 Å². The number of carbonyl (C=O) groups excluding carboxylic acids is 1. The van der Waals surface area contributed by atoms with E-state index in [9.17, 15) is 9.59 Å². The van der Waals surface area contributed by atoms with Crippen LogP contribution in [0.5, 0.6) is 11.6 Å². The number of nitrogens with zero attached hydrogens (tertiary/aromatic N) is 3. The highest BCUT2D eigenvalue weighted by Crippen LogP contribution is 2.43. The molecule has 0 radical (unpaired) electrons.